The van der Waals surface area contributed by atoms with Crippen LogP contribution in [-0.2, 0) is 22.0 Å². The van der Waals surface area contributed by atoms with Gasteiger partial charge in [0.2, 0.25) is 0 Å². The minimum Gasteiger partial charge on any atom is -0.395 e. The topological polar surface area (TPSA) is 106 Å². The number of nitrogens with one attached hydrogen (secondary N) is 1. The average molecular weight is 507 g/mol. The van der Waals surface area contributed by atoms with E-state index in [0.29, 0.717) is 24.4 Å². The maximum Gasteiger partial charge on any atom is 0.267 e. The molecule has 0 fully saturated rings. The van der Waals surface area contributed by atoms with Gasteiger partial charge in [-0.3, -0.25) is 9.18 Å². The predicted octanol–water partition coefficient (Wildman–Crippen LogP) is 3.87. The molecule has 1 amide bonds. The number of benzene rings is 1. The highest BCUT2D eigenvalue weighted by Crippen LogP contribution is 2.30. The van der Waals surface area contributed by atoms with Crippen molar-refractivity contribution in [3.05, 3.63) is 48.0 Å². The zero-order chi connectivity index (χ0) is 25.8. The molecule has 192 valence electrons. The molecule has 0 saturated carbocycles. The molecular weight excluding hydrogens is 471 g/mol. The van der Waals surface area contributed by atoms with Crippen LogP contribution in [0.5, 0.6) is 0 Å². The van der Waals surface area contributed by atoms with Crippen LogP contribution in [0.2, 0.25) is 0 Å². The maximum absolute atomic E-state index is 13.3. The summed E-state index contributed by atoms with van der Waals surface area (Å²) < 4.78 is 42.5. The van der Waals surface area contributed by atoms with Gasteiger partial charge in [-0.15, -0.1) is 0 Å². The minimum absolute atomic E-state index is 0.0671. The van der Waals surface area contributed by atoms with E-state index in [1.54, 1.807) is 18.2 Å². The Balaban J connectivity index is 2.00. The number of carbonyl (C=O) groups is 1. The zero-order valence-electron chi connectivity index (χ0n) is 20.8. The van der Waals surface area contributed by atoms with Crippen molar-refractivity contribution >= 4 is 27.0 Å². The number of rotatable bonds is 11. The Bertz CT molecular complexity index is 1270. The van der Waals surface area contributed by atoms with E-state index in [1.165, 1.54) is 18.5 Å². The number of halogens is 1. The average Bonchev–Trinajstić information content (AvgIpc) is 3.45. The van der Waals surface area contributed by atoms with Crippen molar-refractivity contribution < 1.29 is 22.7 Å². The summed E-state index contributed by atoms with van der Waals surface area (Å²) >= 11 is 0. The summed E-state index contributed by atoms with van der Waals surface area (Å²) in [6.45, 7) is 8.52. The molecule has 8 nitrogen and oxygen atoms in total. The Morgan fingerprint density at radius 3 is 2.63 bits per heavy atom. The fourth-order valence-corrected chi connectivity index (χ4v) is 5.35. The van der Waals surface area contributed by atoms with Crippen LogP contribution in [0.1, 0.15) is 63.1 Å². The molecule has 0 radical (unpaired) electrons. The van der Waals surface area contributed by atoms with Crippen molar-refractivity contribution in [2.24, 2.45) is 5.92 Å². The number of imidazole rings is 1. The van der Waals surface area contributed by atoms with Gasteiger partial charge in [0, 0.05) is 30.9 Å². The summed E-state index contributed by atoms with van der Waals surface area (Å²) in [4.78, 5) is 17.0. The Kier molecular flexibility index (Phi) is 8.38. The van der Waals surface area contributed by atoms with Crippen molar-refractivity contribution in [2.45, 2.75) is 63.8 Å². The molecule has 3 aromatic rings. The van der Waals surface area contributed by atoms with Crippen LogP contribution in [0.4, 0.5) is 4.39 Å². The first kappa shape index (κ1) is 26.9. The molecule has 2 heterocycles. The van der Waals surface area contributed by atoms with Gasteiger partial charge >= 0.3 is 0 Å². The highest BCUT2D eigenvalue weighted by atomic mass is 32.2. The lowest BCUT2D eigenvalue weighted by Crippen LogP contribution is -2.26. The second-order valence-corrected chi connectivity index (χ2v) is 11.6. The summed E-state index contributed by atoms with van der Waals surface area (Å²) in [7, 11) is -3.95. The van der Waals surface area contributed by atoms with E-state index in [1.807, 2.05) is 0 Å². The molecule has 0 bridgehead atoms. The van der Waals surface area contributed by atoms with Gasteiger partial charge < -0.3 is 15.0 Å². The third kappa shape index (κ3) is 5.92. The minimum atomic E-state index is -3.95. The third-order valence-electron chi connectivity index (χ3n) is 6.06. The molecule has 1 atom stereocenters. The maximum atomic E-state index is 13.3. The van der Waals surface area contributed by atoms with Crippen molar-refractivity contribution in [3.63, 3.8) is 0 Å². The Morgan fingerprint density at radius 2 is 2.00 bits per heavy atom. The number of hydrogen-bond acceptors (Lipinski definition) is 5. The number of fused-ring (bicyclic) bond motifs is 1. The number of aromatic nitrogens is 3. The van der Waals surface area contributed by atoms with Gasteiger partial charge in [0.25, 0.3) is 15.9 Å². The van der Waals surface area contributed by atoms with Crippen LogP contribution in [0.25, 0.3) is 11.0 Å². The standard InChI is InChI=1S/C25H35FN4O4S/c1-5-18(7-6-11-26)16-30-22-9-8-20(15-21(22)28-24(30)25(2,3)4)35(33,34)29-13-10-19(17-29)23(32)27-12-14-31/h8-10,13,15,17-18,31H,5-7,11-12,14,16H2,1-4H3,(H,27,32). The number of aliphatic hydroxyl groups is 1. The molecule has 0 aliphatic rings. The van der Waals surface area contributed by atoms with E-state index in [4.69, 9.17) is 10.1 Å². The summed E-state index contributed by atoms with van der Waals surface area (Å²) in [5.74, 6) is 0.683. The van der Waals surface area contributed by atoms with Gasteiger partial charge in [-0.1, -0.05) is 34.1 Å². The molecule has 0 spiro atoms. The van der Waals surface area contributed by atoms with E-state index in [9.17, 15) is 17.6 Å². The van der Waals surface area contributed by atoms with Crippen LogP contribution in [-0.4, -0.2) is 52.8 Å². The number of nitrogens with zero attached hydrogens (tertiary/aromatic N) is 3. The van der Waals surface area contributed by atoms with Gasteiger partial charge in [-0.2, -0.15) is 0 Å². The van der Waals surface area contributed by atoms with E-state index >= 15 is 0 Å². The van der Waals surface area contributed by atoms with Crippen molar-refractivity contribution in [1.82, 2.24) is 18.8 Å². The van der Waals surface area contributed by atoms with Crippen LogP contribution < -0.4 is 5.32 Å². The molecule has 0 aliphatic heterocycles. The Morgan fingerprint density at radius 1 is 1.26 bits per heavy atom. The van der Waals surface area contributed by atoms with Crippen LogP contribution in [0, 0.1) is 5.92 Å². The third-order valence-corrected chi connectivity index (χ3v) is 7.69. The highest BCUT2D eigenvalue weighted by molar-refractivity contribution is 7.90. The fraction of sp³-hybridized carbons (Fsp3) is 0.520. The monoisotopic (exact) mass is 506 g/mol. The smallest absolute Gasteiger partial charge is 0.267 e. The largest absolute Gasteiger partial charge is 0.395 e. The summed E-state index contributed by atoms with van der Waals surface area (Å²) in [6.07, 6.45) is 4.79. The lowest BCUT2D eigenvalue weighted by Gasteiger charge is -2.23. The van der Waals surface area contributed by atoms with Crippen molar-refractivity contribution in [1.29, 1.82) is 0 Å². The van der Waals surface area contributed by atoms with Crippen LogP contribution in [0.3, 0.4) is 0 Å². The molecule has 1 aromatic carbocycles. The van der Waals surface area contributed by atoms with Gasteiger partial charge in [0.05, 0.1) is 34.8 Å². The number of carbonyl (C=O) groups excluding carboxylic acids is 1. The lowest BCUT2D eigenvalue weighted by molar-refractivity contribution is 0.0945. The number of hydrogen-bond donors (Lipinski definition) is 2. The SMILES string of the molecule is CCC(CCCF)Cn1c(C(C)(C)C)nc2cc(S(=O)(=O)n3ccc(C(=O)NCCO)c3)ccc21. The molecule has 10 heteroatoms. The summed E-state index contributed by atoms with van der Waals surface area (Å²) in [5.41, 5.74) is 1.32. The first-order valence-electron chi connectivity index (χ1n) is 11.9. The molecule has 2 aromatic heterocycles. The second kappa shape index (κ2) is 10.9. The van der Waals surface area contributed by atoms with Crippen molar-refractivity contribution in [3.8, 4) is 0 Å². The number of amides is 1. The number of alkyl halides is 1. The van der Waals surface area contributed by atoms with Gasteiger partial charge in [-0.25, -0.2) is 17.4 Å². The molecule has 0 aliphatic carbocycles. The predicted molar refractivity (Wildman–Crippen MR) is 134 cm³/mol. The molecular formula is C25H35FN4O4S. The summed E-state index contributed by atoms with van der Waals surface area (Å²) in [5, 5.41) is 11.4. The first-order valence-corrected chi connectivity index (χ1v) is 13.4. The molecule has 1 unspecified atom stereocenters. The van der Waals surface area contributed by atoms with E-state index in [-0.39, 0.29) is 35.7 Å². The van der Waals surface area contributed by atoms with Gasteiger partial charge in [-0.05, 0) is 43.0 Å². The van der Waals surface area contributed by atoms with Gasteiger partial charge in [0.15, 0.2) is 0 Å². The first-order chi connectivity index (χ1) is 16.5. The summed E-state index contributed by atoms with van der Waals surface area (Å²) in [6, 6.07) is 6.29. The number of aliphatic hydroxyl groups excluding tert-OH is 1. The highest BCUT2D eigenvalue weighted by Gasteiger charge is 2.26. The Hall–Kier alpha value is -2.72. The fourth-order valence-electron chi connectivity index (χ4n) is 4.13. The molecule has 35 heavy (non-hydrogen) atoms. The van der Waals surface area contributed by atoms with E-state index < -0.39 is 15.9 Å². The Labute approximate surface area is 206 Å². The lowest BCUT2D eigenvalue weighted by atomic mass is 9.94. The van der Waals surface area contributed by atoms with Crippen molar-refractivity contribution in [2.75, 3.05) is 19.8 Å². The van der Waals surface area contributed by atoms with E-state index in [2.05, 4.69) is 37.6 Å². The van der Waals surface area contributed by atoms with Crippen LogP contribution in [0.15, 0.2) is 41.6 Å². The molecule has 2 N–H and O–H groups in total. The van der Waals surface area contributed by atoms with E-state index in [0.717, 1.165) is 28.2 Å². The molecule has 3 rings (SSSR count). The van der Waals surface area contributed by atoms with Gasteiger partial charge in [0.1, 0.15) is 5.82 Å². The quantitative estimate of drug-likeness (QED) is 0.411. The molecule has 0 saturated heterocycles. The zero-order valence-corrected chi connectivity index (χ0v) is 21.6. The second-order valence-electron chi connectivity index (χ2n) is 9.77. The normalized spacial score (nSPS) is 13.3. The van der Waals surface area contributed by atoms with Crippen LogP contribution >= 0.6 is 0 Å².